The topological polar surface area (TPSA) is 43.4 Å². The van der Waals surface area contributed by atoms with Crippen LogP contribution in [0.15, 0.2) is 42.7 Å². The van der Waals surface area contributed by atoms with Gasteiger partial charge in [0.25, 0.3) is 0 Å². The van der Waals surface area contributed by atoms with E-state index in [9.17, 15) is 0 Å². The van der Waals surface area contributed by atoms with E-state index in [-0.39, 0.29) is 0 Å². The molecule has 2 aromatic rings. The Balaban J connectivity index is 1.96. The average molecular weight is 258 g/mol. The molecule has 0 radical (unpaired) electrons. The van der Waals surface area contributed by atoms with E-state index in [4.69, 9.17) is 9.47 Å². The Morgan fingerprint density at radius 3 is 2.53 bits per heavy atom. The van der Waals surface area contributed by atoms with Gasteiger partial charge in [-0.05, 0) is 36.2 Å². The fourth-order valence-corrected chi connectivity index (χ4v) is 1.84. The number of hydrogen-bond donors (Lipinski definition) is 1. The first-order valence-electron chi connectivity index (χ1n) is 6.18. The molecule has 0 bridgehead atoms. The summed E-state index contributed by atoms with van der Waals surface area (Å²) in [4.78, 5) is 4.00. The third-order valence-corrected chi connectivity index (χ3v) is 2.89. The van der Waals surface area contributed by atoms with Crippen LogP contribution in [0.5, 0.6) is 11.5 Å². The summed E-state index contributed by atoms with van der Waals surface area (Å²) in [5, 5.41) is 3.36. The standard InChI is InChI=1S/C15H18N2O2/c1-18-13-3-4-14(15(11-13)19-2)17-10-7-12-5-8-16-9-6-12/h3-6,8-9,11,17H,7,10H2,1-2H3. The Morgan fingerprint density at radius 2 is 1.84 bits per heavy atom. The molecule has 0 aliphatic rings. The van der Waals surface area contributed by atoms with Crippen molar-refractivity contribution in [3.8, 4) is 11.5 Å². The third-order valence-electron chi connectivity index (χ3n) is 2.89. The molecule has 0 saturated heterocycles. The highest BCUT2D eigenvalue weighted by Gasteiger charge is 2.04. The van der Waals surface area contributed by atoms with Gasteiger partial charge in [-0.15, -0.1) is 0 Å². The van der Waals surface area contributed by atoms with E-state index >= 15 is 0 Å². The smallest absolute Gasteiger partial charge is 0.145 e. The van der Waals surface area contributed by atoms with Crippen LogP contribution < -0.4 is 14.8 Å². The van der Waals surface area contributed by atoms with Crippen LogP contribution in [0.3, 0.4) is 0 Å². The van der Waals surface area contributed by atoms with Gasteiger partial charge in [0.05, 0.1) is 19.9 Å². The number of ether oxygens (including phenoxy) is 2. The Hall–Kier alpha value is -2.23. The van der Waals surface area contributed by atoms with Gasteiger partial charge in [-0.2, -0.15) is 0 Å². The van der Waals surface area contributed by atoms with Crippen molar-refractivity contribution < 1.29 is 9.47 Å². The highest BCUT2D eigenvalue weighted by molar-refractivity contribution is 5.59. The normalized spacial score (nSPS) is 10.0. The summed E-state index contributed by atoms with van der Waals surface area (Å²) in [6.45, 7) is 0.840. The zero-order chi connectivity index (χ0) is 13.5. The van der Waals surface area contributed by atoms with Crippen LogP contribution in [0.4, 0.5) is 5.69 Å². The number of nitrogens with zero attached hydrogens (tertiary/aromatic N) is 1. The first-order chi connectivity index (χ1) is 9.33. The highest BCUT2D eigenvalue weighted by atomic mass is 16.5. The van der Waals surface area contributed by atoms with Gasteiger partial charge in [0.2, 0.25) is 0 Å². The Kier molecular flexibility index (Phi) is 4.61. The number of anilines is 1. The number of aromatic nitrogens is 1. The predicted octanol–water partition coefficient (Wildman–Crippen LogP) is 2.75. The Labute approximate surface area is 113 Å². The fourth-order valence-electron chi connectivity index (χ4n) is 1.84. The molecule has 0 amide bonds. The second-order valence-electron chi connectivity index (χ2n) is 4.10. The molecule has 4 nitrogen and oxygen atoms in total. The van der Waals surface area contributed by atoms with E-state index in [2.05, 4.69) is 10.3 Å². The van der Waals surface area contributed by atoms with Crippen molar-refractivity contribution in [1.29, 1.82) is 0 Å². The number of hydrogen-bond acceptors (Lipinski definition) is 4. The van der Waals surface area contributed by atoms with Gasteiger partial charge in [0.15, 0.2) is 0 Å². The fraction of sp³-hybridized carbons (Fsp3) is 0.267. The van der Waals surface area contributed by atoms with Crippen LogP contribution >= 0.6 is 0 Å². The van der Waals surface area contributed by atoms with E-state index in [0.29, 0.717) is 0 Å². The minimum atomic E-state index is 0.786. The SMILES string of the molecule is COc1ccc(NCCc2ccncc2)c(OC)c1. The number of methoxy groups -OCH3 is 2. The third kappa shape index (κ3) is 3.61. The molecule has 2 rings (SSSR count). The van der Waals surface area contributed by atoms with Crippen molar-refractivity contribution >= 4 is 5.69 Å². The molecule has 1 heterocycles. The van der Waals surface area contributed by atoms with Crippen LogP contribution in [0.1, 0.15) is 5.56 Å². The maximum Gasteiger partial charge on any atom is 0.145 e. The average Bonchev–Trinajstić information content (AvgIpc) is 2.48. The largest absolute Gasteiger partial charge is 0.497 e. The van der Waals surface area contributed by atoms with E-state index in [1.54, 1.807) is 14.2 Å². The summed E-state index contributed by atoms with van der Waals surface area (Å²) >= 11 is 0. The van der Waals surface area contributed by atoms with Gasteiger partial charge in [-0.25, -0.2) is 0 Å². The molecule has 0 atom stereocenters. The molecule has 0 fully saturated rings. The summed E-state index contributed by atoms with van der Waals surface area (Å²) in [6, 6.07) is 9.79. The van der Waals surface area contributed by atoms with Crippen molar-refractivity contribution in [2.45, 2.75) is 6.42 Å². The molecular formula is C15H18N2O2. The predicted molar refractivity (Wildman–Crippen MR) is 76.0 cm³/mol. The van der Waals surface area contributed by atoms with Gasteiger partial charge in [0.1, 0.15) is 11.5 Å². The van der Waals surface area contributed by atoms with Gasteiger partial charge in [0, 0.05) is 25.0 Å². The quantitative estimate of drug-likeness (QED) is 0.865. The van der Waals surface area contributed by atoms with E-state index in [1.165, 1.54) is 5.56 Å². The van der Waals surface area contributed by atoms with Crippen LogP contribution in [-0.2, 0) is 6.42 Å². The summed E-state index contributed by atoms with van der Waals surface area (Å²) in [7, 11) is 3.30. The minimum absolute atomic E-state index is 0.786. The lowest BCUT2D eigenvalue weighted by Gasteiger charge is -2.12. The van der Waals surface area contributed by atoms with E-state index in [1.807, 2.05) is 42.7 Å². The van der Waals surface area contributed by atoms with Crippen molar-refractivity contribution in [3.63, 3.8) is 0 Å². The van der Waals surface area contributed by atoms with Crippen molar-refractivity contribution in [2.75, 3.05) is 26.1 Å². The van der Waals surface area contributed by atoms with Crippen LogP contribution in [0.25, 0.3) is 0 Å². The summed E-state index contributed by atoms with van der Waals surface area (Å²) < 4.78 is 10.5. The molecule has 0 spiro atoms. The lowest BCUT2D eigenvalue weighted by molar-refractivity contribution is 0.395. The van der Waals surface area contributed by atoms with E-state index < -0.39 is 0 Å². The van der Waals surface area contributed by atoms with Gasteiger partial charge < -0.3 is 14.8 Å². The molecule has 1 N–H and O–H groups in total. The van der Waals surface area contributed by atoms with E-state index in [0.717, 1.165) is 30.2 Å². The molecule has 100 valence electrons. The molecule has 0 unspecified atom stereocenters. The maximum absolute atomic E-state index is 5.34. The maximum atomic E-state index is 5.34. The lowest BCUT2D eigenvalue weighted by atomic mass is 10.2. The van der Waals surface area contributed by atoms with Crippen molar-refractivity contribution in [3.05, 3.63) is 48.3 Å². The molecular weight excluding hydrogens is 240 g/mol. The first-order valence-corrected chi connectivity index (χ1v) is 6.18. The first kappa shape index (κ1) is 13.2. The molecule has 4 heteroatoms. The van der Waals surface area contributed by atoms with Gasteiger partial charge in [-0.1, -0.05) is 0 Å². The number of rotatable bonds is 6. The number of nitrogens with one attached hydrogen (secondary N) is 1. The number of pyridine rings is 1. The Bertz CT molecular complexity index is 515. The second kappa shape index (κ2) is 6.64. The zero-order valence-electron chi connectivity index (χ0n) is 11.2. The lowest BCUT2D eigenvalue weighted by Crippen LogP contribution is -2.06. The highest BCUT2D eigenvalue weighted by Crippen LogP contribution is 2.28. The molecule has 0 aliphatic heterocycles. The van der Waals surface area contributed by atoms with Crippen LogP contribution in [0.2, 0.25) is 0 Å². The van der Waals surface area contributed by atoms with Crippen molar-refractivity contribution in [1.82, 2.24) is 4.98 Å². The molecule has 0 aliphatic carbocycles. The monoisotopic (exact) mass is 258 g/mol. The zero-order valence-corrected chi connectivity index (χ0v) is 11.2. The van der Waals surface area contributed by atoms with Gasteiger partial charge >= 0.3 is 0 Å². The van der Waals surface area contributed by atoms with Crippen LogP contribution in [0, 0.1) is 0 Å². The summed E-state index contributed by atoms with van der Waals surface area (Å²) in [5.41, 5.74) is 2.23. The molecule has 1 aromatic carbocycles. The van der Waals surface area contributed by atoms with Crippen LogP contribution in [-0.4, -0.2) is 25.7 Å². The molecule has 1 aromatic heterocycles. The molecule has 0 saturated carbocycles. The Morgan fingerprint density at radius 1 is 1.05 bits per heavy atom. The minimum Gasteiger partial charge on any atom is -0.497 e. The van der Waals surface area contributed by atoms with Crippen molar-refractivity contribution in [2.24, 2.45) is 0 Å². The number of benzene rings is 1. The molecule has 19 heavy (non-hydrogen) atoms. The second-order valence-corrected chi connectivity index (χ2v) is 4.10. The summed E-state index contributed by atoms with van der Waals surface area (Å²) in [6.07, 6.45) is 4.56. The summed E-state index contributed by atoms with van der Waals surface area (Å²) in [5.74, 6) is 1.57. The van der Waals surface area contributed by atoms with Gasteiger partial charge in [-0.3, -0.25) is 4.98 Å².